The summed E-state index contributed by atoms with van der Waals surface area (Å²) >= 11 is 0. The lowest BCUT2D eigenvalue weighted by Crippen LogP contribution is -2.38. The van der Waals surface area contributed by atoms with Gasteiger partial charge in [-0.25, -0.2) is 0 Å². The van der Waals surface area contributed by atoms with Crippen LogP contribution in [0.3, 0.4) is 0 Å². The van der Waals surface area contributed by atoms with E-state index < -0.39 is 6.10 Å². The van der Waals surface area contributed by atoms with Gasteiger partial charge in [0.25, 0.3) is 0 Å². The molecule has 18 heavy (non-hydrogen) atoms. The number of rotatable bonds is 7. The molecule has 1 aromatic rings. The number of aliphatic hydroxyl groups excluding tert-OH is 1. The zero-order valence-electron chi connectivity index (χ0n) is 12.1. The summed E-state index contributed by atoms with van der Waals surface area (Å²) in [5.74, 6) is 0. The van der Waals surface area contributed by atoms with Crippen LogP contribution in [0.2, 0.25) is 0 Å². The molecule has 0 aliphatic rings. The minimum Gasteiger partial charge on any atom is -0.387 e. The Balaban J connectivity index is 2.72. The number of hydrogen-bond acceptors (Lipinski definition) is 2. The molecule has 0 amide bonds. The van der Waals surface area contributed by atoms with Crippen LogP contribution in [0.4, 0.5) is 0 Å². The third-order valence-corrected chi connectivity index (χ3v) is 3.23. The SMILES string of the molecule is CCCc1ccc(C(O)C(CC)NC(C)C)cc1. The van der Waals surface area contributed by atoms with E-state index in [1.165, 1.54) is 5.56 Å². The van der Waals surface area contributed by atoms with E-state index in [9.17, 15) is 5.11 Å². The normalized spacial score (nSPS) is 14.8. The molecule has 2 N–H and O–H groups in total. The van der Waals surface area contributed by atoms with E-state index in [0.29, 0.717) is 6.04 Å². The van der Waals surface area contributed by atoms with Crippen molar-refractivity contribution in [3.63, 3.8) is 0 Å². The summed E-state index contributed by atoms with van der Waals surface area (Å²) < 4.78 is 0. The van der Waals surface area contributed by atoms with Crippen molar-refractivity contribution in [2.24, 2.45) is 0 Å². The Morgan fingerprint density at radius 2 is 1.72 bits per heavy atom. The van der Waals surface area contributed by atoms with Crippen LogP contribution in [0.15, 0.2) is 24.3 Å². The molecular weight excluding hydrogens is 222 g/mol. The number of nitrogens with one attached hydrogen (secondary N) is 1. The Hall–Kier alpha value is -0.860. The summed E-state index contributed by atoms with van der Waals surface area (Å²) in [4.78, 5) is 0. The molecule has 1 aromatic carbocycles. The molecule has 0 fully saturated rings. The second-order valence-corrected chi connectivity index (χ2v) is 5.27. The predicted octanol–water partition coefficient (Wildman–Crippen LogP) is 3.45. The molecule has 102 valence electrons. The molecular formula is C16H27NO. The third kappa shape index (κ3) is 4.43. The van der Waals surface area contributed by atoms with E-state index in [-0.39, 0.29) is 6.04 Å². The molecule has 0 aliphatic carbocycles. The van der Waals surface area contributed by atoms with Gasteiger partial charge >= 0.3 is 0 Å². The van der Waals surface area contributed by atoms with Crippen LogP contribution in [0.1, 0.15) is 57.8 Å². The van der Waals surface area contributed by atoms with Crippen LogP contribution in [-0.2, 0) is 6.42 Å². The first kappa shape index (κ1) is 15.2. The summed E-state index contributed by atoms with van der Waals surface area (Å²) in [6.45, 7) is 8.51. The summed E-state index contributed by atoms with van der Waals surface area (Å²) in [6, 6.07) is 8.89. The van der Waals surface area contributed by atoms with E-state index in [1.807, 2.05) is 0 Å². The van der Waals surface area contributed by atoms with Gasteiger partial charge in [0.15, 0.2) is 0 Å². The van der Waals surface area contributed by atoms with E-state index in [0.717, 1.165) is 24.8 Å². The summed E-state index contributed by atoms with van der Waals surface area (Å²) in [5.41, 5.74) is 2.35. The number of aryl methyl sites for hydroxylation is 1. The molecule has 2 unspecified atom stereocenters. The van der Waals surface area contributed by atoms with Crippen molar-refractivity contribution in [1.82, 2.24) is 5.32 Å². The average Bonchev–Trinajstić information content (AvgIpc) is 2.36. The Labute approximate surface area is 111 Å². The minimum absolute atomic E-state index is 0.127. The quantitative estimate of drug-likeness (QED) is 0.775. The van der Waals surface area contributed by atoms with Gasteiger partial charge in [0.2, 0.25) is 0 Å². The van der Waals surface area contributed by atoms with Gasteiger partial charge in [-0.3, -0.25) is 0 Å². The van der Waals surface area contributed by atoms with Gasteiger partial charge in [0, 0.05) is 12.1 Å². The minimum atomic E-state index is -0.423. The lowest BCUT2D eigenvalue weighted by Gasteiger charge is -2.25. The summed E-state index contributed by atoms with van der Waals surface area (Å²) in [5, 5.41) is 13.8. The maximum absolute atomic E-state index is 10.4. The molecule has 2 atom stereocenters. The van der Waals surface area contributed by atoms with Gasteiger partial charge in [-0.05, 0) is 24.0 Å². The highest BCUT2D eigenvalue weighted by atomic mass is 16.3. The molecule has 0 saturated heterocycles. The smallest absolute Gasteiger partial charge is 0.0942 e. The van der Waals surface area contributed by atoms with Gasteiger partial charge in [-0.15, -0.1) is 0 Å². The Morgan fingerprint density at radius 3 is 2.17 bits per heavy atom. The monoisotopic (exact) mass is 249 g/mol. The van der Waals surface area contributed by atoms with Crippen molar-refractivity contribution in [3.05, 3.63) is 35.4 Å². The summed E-state index contributed by atoms with van der Waals surface area (Å²) in [6.07, 6.45) is 2.77. The van der Waals surface area contributed by atoms with Gasteiger partial charge < -0.3 is 10.4 Å². The van der Waals surface area contributed by atoms with Crippen molar-refractivity contribution >= 4 is 0 Å². The van der Waals surface area contributed by atoms with E-state index in [4.69, 9.17) is 0 Å². The fourth-order valence-corrected chi connectivity index (χ4v) is 2.26. The highest BCUT2D eigenvalue weighted by Crippen LogP contribution is 2.20. The highest BCUT2D eigenvalue weighted by molar-refractivity contribution is 5.25. The van der Waals surface area contributed by atoms with Crippen LogP contribution < -0.4 is 5.32 Å². The van der Waals surface area contributed by atoms with Crippen LogP contribution in [-0.4, -0.2) is 17.2 Å². The zero-order valence-corrected chi connectivity index (χ0v) is 12.1. The van der Waals surface area contributed by atoms with Gasteiger partial charge in [0.05, 0.1) is 6.10 Å². The Bertz CT molecular complexity index is 331. The van der Waals surface area contributed by atoms with Crippen molar-refractivity contribution in [2.45, 2.75) is 65.1 Å². The van der Waals surface area contributed by atoms with E-state index >= 15 is 0 Å². The fraction of sp³-hybridized carbons (Fsp3) is 0.625. The van der Waals surface area contributed by atoms with Gasteiger partial charge in [-0.1, -0.05) is 58.4 Å². The third-order valence-electron chi connectivity index (χ3n) is 3.23. The number of benzene rings is 1. The molecule has 2 nitrogen and oxygen atoms in total. The molecule has 0 saturated carbocycles. The summed E-state index contributed by atoms with van der Waals surface area (Å²) in [7, 11) is 0. The van der Waals surface area contributed by atoms with Crippen LogP contribution in [0.25, 0.3) is 0 Å². The second kappa shape index (κ2) is 7.55. The molecule has 0 spiro atoms. The lowest BCUT2D eigenvalue weighted by atomic mass is 9.98. The molecule has 0 aromatic heterocycles. The maximum atomic E-state index is 10.4. The second-order valence-electron chi connectivity index (χ2n) is 5.27. The largest absolute Gasteiger partial charge is 0.387 e. The van der Waals surface area contributed by atoms with Gasteiger partial charge in [-0.2, -0.15) is 0 Å². The highest BCUT2D eigenvalue weighted by Gasteiger charge is 2.19. The standard InChI is InChI=1S/C16H27NO/c1-5-7-13-8-10-14(11-9-13)16(18)15(6-2)17-12(3)4/h8-12,15-18H,5-7H2,1-4H3. The van der Waals surface area contributed by atoms with Crippen LogP contribution >= 0.6 is 0 Å². The van der Waals surface area contributed by atoms with Crippen LogP contribution in [0.5, 0.6) is 0 Å². The van der Waals surface area contributed by atoms with Crippen LogP contribution in [0, 0.1) is 0 Å². The predicted molar refractivity (Wildman–Crippen MR) is 77.7 cm³/mol. The number of aliphatic hydroxyl groups is 1. The van der Waals surface area contributed by atoms with E-state index in [2.05, 4.69) is 57.3 Å². The maximum Gasteiger partial charge on any atom is 0.0942 e. The van der Waals surface area contributed by atoms with Crippen molar-refractivity contribution in [3.8, 4) is 0 Å². The van der Waals surface area contributed by atoms with Crippen molar-refractivity contribution in [2.75, 3.05) is 0 Å². The first-order chi connectivity index (χ1) is 8.58. The molecule has 0 aliphatic heterocycles. The van der Waals surface area contributed by atoms with Crippen molar-refractivity contribution < 1.29 is 5.11 Å². The molecule has 2 heteroatoms. The van der Waals surface area contributed by atoms with Gasteiger partial charge in [0.1, 0.15) is 0 Å². The molecule has 0 heterocycles. The van der Waals surface area contributed by atoms with Crippen molar-refractivity contribution in [1.29, 1.82) is 0 Å². The molecule has 0 radical (unpaired) electrons. The fourth-order valence-electron chi connectivity index (χ4n) is 2.26. The number of hydrogen-bond donors (Lipinski definition) is 2. The first-order valence-corrected chi connectivity index (χ1v) is 7.11. The van der Waals surface area contributed by atoms with E-state index in [1.54, 1.807) is 0 Å². The zero-order chi connectivity index (χ0) is 13.5. The molecule has 0 bridgehead atoms. The first-order valence-electron chi connectivity index (χ1n) is 7.11. The average molecular weight is 249 g/mol. The lowest BCUT2D eigenvalue weighted by molar-refractivity contribution is 0.121. The Kier molecular flexibility index (Phi) is 6.37. The molecule has 1 rings (SSSR count). The Morgan fingerprint density at radius 1 is 1.11 bits per heavy atom. The topological polar surface area (TPSA) is 32.3 Å².